The molecule has 2 aromatic carbocycles. The van der Waals surface area contributed by atoms with Gasteiger partial charge in [0.05, 0.1) is 0 Å². The Bertz CT molecular complexity index is 1050. The number of hydrogen-bond acceptors (Lipinski definition) is 2. The fourth-order valence-electron chi connectivity index (χ4n) is 3.79. The van der Waals surface area contributed by atoms with Gasteiger partial charge in [-0.2, -0.15) is 0 Å². The Hall–Kier alpha value is -2.91. The zero-order valence-corrected chi connectivity index (χ0v) is 16.1. The van der Waals surface area contributed by atoms with Crippen molar-refractivity contribution in [3.63, 3.8) is 0 Å². The van der Waals surface area contributed by atoms with E-state index in [2.05, 4.69) is 96.3 Å². The van der Waals surface area contributed by atoms with Crippen LogP contribution >= 0.6 is 0 Å². The highest BCUT2D eigenvalue weighted by molar-refractivity contribution is 5.96. The fraction of sp³-hybridized carbons (Fsp3) is 0.208. The predicted molar refractivity (Wildman–Crippen MR) is 114 cm³/mol. The van der Waals surface area contributed by atoms with Gasteiger partial charge < -0.3 is 9.47 Å². The van der Waals surface area contributed by atoms with Gasteiger partial charge in [0.1, 0.15) is 0 Å². The van der Waals surface area contributed by atoms with Crippen molar-refractivity contribution < 1.29 is 0 Å². The zero-order valence-electron chi connectivity index (χ0n) is 16.1. The van der Waals surface area contributed by atoms with Crippen LogP contribution in [0.1, 0.15) is 13.0 Å². The molecule has 3 nitrogen and oxygen atoms in total. The Kier molecular flexibility index (Phi) is 4.78. The van der Waals surface area contributed by atoms with Crippen molar-refractivity contribution in [2.75, 3.05) is 20.6 Å². The molecule has 3 heteroatoms. The van der Waals surface area contributed by atoms with Crippen molar-refractivity contribution >= 4 is 10.9 Å². The van der Waals surface area contributed by atoms with Crippen LogP contribution in [0.3, 0.4) is 0 Å². The smallest absolute Gasteiger partial charge is 0.0489 e. The van der Waals surface area contributed by atoms with Crippen molar-refractivity contribution in [3.05, 3.63) is 79.3 Å². The minimum Gasteiger partial charge on any atom is -0.343 e. The van der Waals surface area contributed by atoms with Gasteiger partial charge in [0.15, 0.2) is 0 Å². The van der Waals surface area contributed by atoms with Gasteiger partial charge in [-0.3, -0.25) is 4.98 Å². The summed E-state index contributed by atoms with van der Waals surface area (Å²) in [4.78, 5) is 6.76. The molecule has 27 heavy (non-hydrogen) atoms. The van der Waals surface area contributed by atoms with Crippen molar-refractivity contribution in [3.8, 4) is 22.3 Å². The first-order chi connectivity index (χ1) is 13.1. The predicted octanol–water partition coefficient (Wildman–Crippen LogP) is 5.49. The molecule has 0 aliphatic carbocycles. The van der Waals surface area contributed by atoms with Gasteiger partial charge in [-0.25, -0.2) is 0 Å². The maximum Gasteiger partial charge on any atom is 0.0489 e. The van der Waals surface area contributed by atoms with Crippen LogP contribution in [0, 0.1) is 0 Å². The number of fused-ring (bicyclic) bond motifs is 1. The van der Waals surface area contributed by atoms with Gasteiger partial charge in [-0.05, 0) is 38.7 Å². The average molecular weight is 355 g/mol. The highest BCUT2D eigenvalue weighted by atomic mass is 15.1. The first kappa shape index (κ1) is 17.5. The van der Waals surface area contributed by atoms with E-state index in [1.54, 1.807) is 0 Å². The third-order valence-corrected chi connectivity index (χ3v) is 5.00. The first-order valence-electron chi connectivity index (χ1n) is 9.38. The van der Waals surface area contributed by atoms with Crippen molar-refractivity contribution in [2.24, 2.45) is 0 Å². The third kappa shape index (κ3) is 3.51. The van der Waals surface area contributed by atoms with E-state index in [9.17, 15) is 0 Å². The van der Waals surface area contributed by atoms with Gasteiger partial charge in [0, 0.05) is 58.8 Å². The Morgan fingerprint density at radius 2 is 1.59 bits per heavy atom. The second kappa shape index (κ2) is 7.37. The lowest BCUT2D eigenvalue weighted by Crippen LogP contribution is -2.21. The summed E-state index contributed by atoms with van der Waals surface area (Å²) in [5.74, 6) is 0. The second-order valence-electron chi connectivity index (χ2n) is 7.41. The summed E-state index contributed by atoms with van der Waals surface area (Å²) in [6.07, 6.45) is 6.19. The molecule has 0 saturated carbocycles. The largest absolute Gasteiger partial charge is 0.343 e. The standard InChI is InChI=1S/C24H25N3/c1-18(16-26(2)3)27-17-23(22-11-7-8-12-24(22)27)21-13-20(14-25-15-21)19-9-5-4-6-10-19/h4-15,17-18H,16H2,1-3H3. The SMILES string of the molecule is CC(CN(C)C)n1cc(-c2cncc(-c3ccccc3)c2)c2ccccc21. The number of aromatic nitrogens is 2. The molecular formula is C24H25N3. The van der Waals surface area contributed by atoms with Crippen LogP contribution in [0.15, 0.2) is 79.3 Å². The second-order valence-corrected chi connectivity index (χ2v) is 7.41. The number of nitrogens with zero attached hydrogens (tertiary/aromatic N) is 3. The Labute approximate surface area is 160 Å². The van der Waals surface area contributed by atoms with Crippen LogP contribution in [0.2, 0.25) is 0 Å². The van der Waals surface area contributed by atoms with Crippen LogP contribution < -0.4 is 0 Å². The molecule has 1 unspecified atom stereocenters. The molecule has 4 aromatic rings. The molecule has 0 aliphatic rings. The highest BCUT2D eigenvalue weighted by Crippen LogP contribution is 2.34. The summed E-state index contributed by atoms with van der Waals surface area (Å²) in [5, 5.41) is 1.27. The van der Waals surface area contributed by atoms with Gasteiger partial charge in [0.2, 0.25) is 0 Å². The number of pyridine rings is 1. The molecule has 0 bridgehead atoms. The summed E-state index contributed by atoms with van der Waals surface area (Å²) in [7, 11) is 4.24. The molecule has 0 spiro atoms. The summed E-state index contributed by atoms with van der Waals surface area (Å²) >= 11 is 0. The van der Waals surface area contributed by atoms with Gasteiger partial charge in [-0.1, -0.05) is 48.5 Å². The summed E-state index contributed by atoms with van der Waals surface area (Å²) in [6.45, 7) is 3.27. The Balaban J connectivity index is 1.83. The summed E-state index contributed by atoms with van der Waals surface area (Å²) in [6, 6.07) is 21.7. The maximum atomic E-state index is 4.53. The van der Waals surface area contributed by atoms with E-state index in [4.69, 9.17) is 0 Å². The molecule has 0 saturated heterocycles. The fourth-order valence-corrected chi connectivity index (χ4v) is 3.79. The number of para-hydroxylation sites is 1. The van der Waals surface area contributed by atoms with E-state index in [0.29, 0.717) is 6.04 Å². The zero-order chi connectivity index (χ0) is 18.8. The molecule has 0 radical (unpaired) electrons. The van der Waals surface area contributed by atoms with E-state index < -0.39 is 0 Å². The molecule has 2 heterocycles. The molecule has 2 aromatic heterocycles. The molecule has 0 aliphatic heterocycles. The minimum absolute atomic E-state index is 0.393. The molecule has 0 fully saturated rings. The first-order valence-corrected chi connectivity index (χ1v) is 9.38. The lowest BCUT2D eigenvalue weighted by Gasteiger charge is -2.19. The van der Waals surface area contributed by atoms with E-state index in [-0.39, 0.29) is 0 Å². The van der Waals surface area contributed by atoms with Crippen molar-refractivity contribution in [1.29, 1.82) is 0 Å². The molecular weight excluding hydrogens is 330 g/mol. The summed E-state index contributed by atoms with van der Waals surface area (Å²) in [5.41, 5.74) is 6.00. The van der Waals surface area contributed by atoms with Crippen LogP contribution in [0.5, 0.6) is 0 Å². The lowest BCUT2D eigenvalue weighted by atomic mass is 10.0. The van der Waals surface area contributed by atoms with Crippen molar-refractivity contribution in [1.82, 2.24) is 14.5 Å². The van der Waals surface area contributed by atoms with E-state index in [1.807, 2.05) is 18.5 Å². The lowest BCUT2D eigenvalue weighted by molar-refractivity contribution is 0.341. The van der Waals surface area contributed by atoms with Crippen LogP contribution in [0.4, 0.5) is 0 Å². The molecule has 136 valence electrons. The summed E-state index contributed by atoms with van der Waals surface area (Å²) < 4.78 is 2.39. The Morgan fingerprint density at radius 1 is 0.889 bits per heavy atom. The van der Waals surface area contributed by atoms with Gasteiger partial charge in [-0.15, -0.1) is 0 Å². The van der Waals surface area contributed by atoms with Gasteiger partial charge in [0.25, 0.3) is 0 Å². The molecule has 0 amide bonds. The van der Waals surface area contributed by atoms with E-state index in [1.165, 1.54) is 22.0 Å². The van der Waals surface area contributed by atoms with Crippen LogP contribution in [0.25, 0.3) is 33.2 Å². The quantitative estimate of drug-likeness (QED) is 0.472. The number of rotatable bonds is 5. The van der Waals surface area contributed by atoms with Gasteiger partial charge >= 0.3 is 0 Å². The van der Waals surface area contributed by atoms with E-state index >= 15 is 0 Å². The highest BCUT2D eigenvalue weighted by Gasteiger charge is 2.15. The number of benzene rings is 2. The third-order valence-electron chi connectivity index (χ3n) is 5.00. The average Bonchev–Trinajstić information content (AvgIpc) is 3.08. The molecule has 0 N–H and O–H groups in total. The topological polar surface area (TPSA) is 21.1 Å². The molecule has 4 rings (SSSR count). The minimum atomic E-state index is 0.393. The molecule has 1 atom stereocenters. The van der Waals surface area contributed by atoms with Crippen molar-refractivity contribution in [2.45, 2.75) is 13.0 Å². The Morgan fingerprint density at radius 3 is 2.37 bits per heavy atom. The van der Waals surface area contributed by atoms with E-state index in [0.717, 1.165) is 17.7 Å². The normalized spacial score (nSPS) is 12.6. The van der Waals surface area contributed by atoms with Crippen LogP contribution in [-0.4, -0.2) is 35.1 Å². The van der Waals surface area contributed by atoms with Crippen LogP contribution in [-0.2, 0) is 0 Å². The maximum absolute atomic E-state index is 4.53. The number of likely N-dealkylation sites (N-methyl/N-ethyl adjacent to an activating group) is 1. The number of hydrogen-bond donors (Lipinski definition) is 0. The monoisotopic (exact) mass is 355 g/mol.